The third-order valence-electron chi connectivity index (χ3n) is 4.69. The van der Waals surface area contributed by atoms with Crippen LogP contribution in [0.1, 0.15) is 17.5 Å². The Hall–Kier alpha value is -2.02. The number of hydrogen-bond donors (Lipinski definition) is 1. The van der Waals surface area contributed by atoms with Crippen LogP contribution in [0.25, 0.3) is 0 Å². The predicted octanol–water partition coefficient (Wildman–Crippen LogP) is 3.46. The first-order chi connectivity index (χ1) is 11.4. The molecule has 1 saturated carbocycles. The zero-order chi connectivity index (χ0) is 18.7. The predicted molar refractivity (Wildman–Crippen MR) is 70.9 cm³/mol. The van der Waals surface area contributed by atoms with Gasteiger partial charge in [0.1, 0.15) is 17.4 Å². The molecule has 25 heavy (non-hydrogen) atoms. The highest BCUT2D eigenvalue weighted by atomic mass is 19.4. The van der Waals surface area contributed by atoms with Crippen LogP contribution in [0.4, 0.5) is 36.4 Å². The van der Waals surface area contributed by atoms with Gasteiger partial charge in [0, 0.05) is 12.2 Å². The summed E-state index contributed by atoms with van der Waals surface area (Å²) in [6.45, 7) is -0.00882. The van der Waals surface area contributed by atoms with Gasteiger partial charge >= 0.3 is 12.4 Å². The Bertz CT molecular complexity index is 737. The van der Waals surface area contributed by atoms with Crippen LogP contribution in [0, 0.1) is 29.0 Å². The molecule has 10 heteroatoms. The first-order valence-electron chi connectivity index (χ1n) is 7.27. The lowest BCUT2D eigenvalue weighted by atomic mass is 10.0. The first kappa shape index (κ1) is 17.8. The molecule has 1 aromatic rings. The molecule has 0 bridgehead atoms. The Kier molecular flexibility index (Phi) is 3.91. The van der Waals surface area contributed by atoms with Gasteiger partial charge in [0.05, 0.1) is 11.6 Å². The third kappa shape index (κ3) is 3.01. The van der Waals surface area contributed by atoms with Crippen molar-refractivity contribution in [3.8, 4) is 6.07 Å². The molecule has 136 valence electrons. The van der Waals surface area contributed by atoms with E-state index < -0.39 is 53.0 Å². The van der Waals surface area contributed by atoms with Crippen molar-refractivity contribution >= 4 is 5.69 Å². The van der Waals surface area contributed by atoms with Crippen LogP contribution in [-0.2, 0) is 6.18 Å². The number of benzene rings is 1. The molecular formula is C15H11F7N2O. The molecule has 1 aliphatic carbocycles. The van der Waals surface area contributed by atoms with Gasteiger partial charge in [-0.15, -0.1) is 0 Å². The largest absolute Gasteiger partial charge is 0.417 e. The van der Waals surface area contributed by atoms with E-state index in [0.29, 0.717) is 18.6 Å². The van der Waals surface area contributed by atoms with Crippen LogP contribution in [0.3, 0.4) is 0 Å². The summed E-state index contributed by atoms with van der Waals surface area (Å²) in [5, 5.41) is 18.3. The molecule has 1 saturated heterocycles. The van der Waals surface area contributed by atoms with E-state index >= 15 is 0 Å². The molecule has 0 unspecified atom stereocenters. The highest BCUT2D eigenvalue weighted by Gasteiger charge is 2.60. The van der Waals surface area contributed by atoms with Gasteiger partial charge in [-0.2, -0.15) is 31.6 Å². The van der Waals surface area contributed by atoms with Crippen LogP contribution in [0.5, 0.6) is 0 Å². The molecule has 3 rings (SSSR count). The molecule has 2 aliphatic rings. The van der Waals surface area contributed by atoms with E-state index in [1.165, 1.54) is 0 Å². The van der Waals surface area contributed by atoms with Gasteiger partial charge in [0.15, 0.2) is 6.10 Å². The maximum Gasteiger partial charge on any atom is 0.417 e. The zero-order valence-electron chi connectivity index (χ0n) is 12.4. The summed E-state index contributed by atoms with van der Waals surface area (Å²) >= 11 is 0. The molecule has 4 atom stereocenters. The second kappa shape index (κ2) is 5.49. The average molecular weight is 368 g/mol. The highest BCUT2D eigenvalue weighted by Crippen LogP contribution is 2.53. The second-order valence-electron chi connectivity index (χ2n) is 6.25. The lowest BCUT2D eigenvalue weighted by molar-refractivity contribution is -0.210. The van der Waals surface area contributed by atoms with E-state index in [0.717, 1.165) is 11.0 Å². The topological polar surface area (TPSA) is 47.3 Å². The van der Waals surface area contributed by atoms with E-state index in [4.69, 9.17) is 5.26 Å². The van der Waals surface area contributed by atoms with Crippen LogP contribution in [0.2, 0.25) is 0 Å². The Labute approximate surface area is 137 Å². The van der Waals surface area contributed by atoms with Crippen LogP contribution in [-0.4, -0.2) is 30.0 Å². The number of hydrogen-bond acceptors (Lipinski definition) is 3. The number of nitrogens with zero attached hydrogens (tertiary/aromatic N) is 2. The van der Waals surface area contributed by atoms with Crippen molar-refractivity contribution in [2.45, 2.75) is 30.9 Å². The van der Waals surface area contributed by atoms with Gasteiger partial charge in [0.25, 0.3) is 0 Å². The van der Waals surface area contributed by atoms with Crippen LogP contribution in [0.15, 0.2) is 12.1 Å². The lowest BCUT2D eigenvalue weighted by Crippen LogP contribution is -2.49. The number of rotatable bonds is 2. The number of piperidine rings is 1. The molecule has 0 aromatic heterocycles. The molecular weight excluding hydrogens is 357 g/mol. The third-order valence-corrected chi connectivity index (χ3v) is 4.69. The van der Waals surface area contributed by atoms with Crippen molar-refractivity contribution in [2.24, 2.45) is 11.8 Å². The lowest BCUT2D eigenvalue weighted by Gasteiger charge is -2.34. The molecule has 1 aromatic carbocycles. The molecule has 3 nitrogen and oxygen atoms in total. The minimum absolute atomic E-state index is 0.00882. The number of fused-ring (bicyclic) bond motifs is 1. The summed E-state index contributed by atoms with van der Waals surface area (Å²) in [6.07, 6.45) is -12.3. The van der Waals surface area contributed by atoms with Gasteiger partial charge in [0.2, 0.25) is 0 Å². The van der Waals surface area contributed by atoms with Crippen molar-refractivity contribution < 1.29 is 35.8 Å². The number of aliphatic hydroxyl groups is 1. The SMILES string of the molecule is N#Cc1c(F)cc(N2C[C@@H]3C[C@@H]3[C@@H]2[C@H](O)C(F)(F)F)cc1C(F)(F)F. The Morgan fingerprint density at radius 2 is 1.84 bits per heavy atom. The van der Waals surface area contributed by atoms with Crippen molar-refractivity contribution in [2.75, 3.05) is 11.4 Å². The first-order valence-corrected chi connectivity index (χ1v) is 7.27. The number of nitriles is 1. The minimum atomic E-state index is -5.04. The standard InChI is InChI=1S/C15H11F7N2O/c16-11-3-7(2-10(9(11)4-23)14(17,18)19)24-5-6-1-8(6)12(24)13(25)15(20,21)22/h2-3,6,8,12-13,25H,1,5H2/t6-,8-,12+,13-/m0/s1. The van der Waals surface area contributed by atoms with Gasteiger partial charge < -0.3 is 10.0 Å². The summed E-state index contributed by atoms with van der Waals surface area (Å²) in [6, 6.07) is 0.714. The summed E-state index contributed by atoms with van der Waals surface area (Å²) in [5.74, 6) is -2.16. The maximum atomic E-state index is 13.9. The average Bonchev–Trinajstić information content (AvgIpc) is 3.14. The van der Waals surface area contributed by atoms with Crippen LogP contribution >= 0.6 is 0 Å². The fourth-order valence-electron chi connectivity index (χ4n) is 3.48. The highest BCUT2D eigenvalue weighted by molar-refractivity contribution is 5.58. The molecule has 1 heterocycles. The fraction of sp³-hybridized carbons (Fsp3) is 0.533. The van der Waals surface area contributed by atoms with E-state index in [2.05, 4.69) is 0 Å². The van der Waals surface area contributed by atoms with Crippen molar-refractivity contribution in [1.29, 1.82) is 5.26 Å². The van der Waals surface area contributed by atoms with Crippen molar-refractivity contribution in [1.82, 2.24) is 0 Å². The Morgan fingerprint density at radius 3 is 2.36 bits per heavy atom. The number of aliphatic hydroxyl groups excluding tert-OH is 1. The van der Waals surface area contributed by atoms with Crippen LogP contribution < -0.4 is 4.90 Å². The van der Waals surface area contributed by atoms with Crippen molar-refractivity contribution in [3.05, 3.63) is 29.1 Å². The van der Waals surface area contributed by atoms with Gasteiger partial charge in [-0.25, -0.2) is 4.39 Å². The number of anilines is 1. The van der Waals surface area contributed by atoms with Gasteiger partial charge in [-0.3, -0.25) is 0 Å². The van der Waals surface area contributed by atoms with Gasteiger partial charge in [-0.05, 0) is 30.4 Å². The molecule has 0 radical (unpaired) electrons. The number of alkyl halides is 6. The minimum Gasteiger partial charge on any atom is -0.382 e. The normalized spacial score (nSPS) is 27.0. The second-order valence-corrected chi connectivity index (χ2v) is 6.25. The zero-order valence-corrected chi connectivity index (χ0v) is 12.4. The smallest absolute Gasteiger partial charge is 0.382 e. The number of halogens is 7. The Morgan fingerprint density at radius 1 is 1.20 bits per heavy atom. The molecule has 2 fully saturated rings. The maximum absolute atomic E-state index is 13.9. The summed E-state index contributed by atoms with van der Waals surface area (Å²) < 4.78 is 91.7. The monoisotopic (exact) mass is 368 g/mol. The molecule has 1 N–H and O–H groups in total. The van der Waals surface area contributed by atoms with Gasteiger partial charge in [-0.1, -0.05) is 0 Å². The Balaban J connectivity index is 2.04. The van der Waals surface area contributed by atoms with E-state index in [-0.39, 0.29) is 12.5 Å². The van der Waals surface area contributed by atoms with E-state index in [9.17, 15) is 35.8 Å². The quantitative estimate of drug-likeness (QED) is 0.814. The van der Waals surface area contributed by atoms with Crippen molar-refractivity contribution in [3.63, 3.8) is 0 Å². The van der Waals surface area contributed by atoms with E-state index in [1.54, 1.807) is 0 Å². The van der Waals surface area contributed by atoms with E-state index in [1.807, 2.05) is 0 Å². The molecule has 1 aliphatic heterocycles. The fourth-order valence-corrected chi connectivity index (χ4v) is 3.48. The summed E-state index contributed by atoms with van der Waals surface area (Å²) in [5.41, 5.74) is -3.19. The molecule has 0 amide bonds. The molecule has 0 spiro atoms. The summed E-state index contributed by atoms with van der Waals surface area (Å²) in [4.78, 5) is 0.955. The summed E-state index contributed by atoms with van der Waals surface area (Å²) in [7, 11) is 0.